The molecule has 0 bridgehead atoms. The lowest BCUT2D eigenvalue weighted by molar-refractivity contribution is -0.115. The minimum Gasteiger partial charge on any atom is -0.300 e. The smallest absolute Gasteiger partial charge is 0.264 e. The van der Waals surface area contributed by atoms with E-state index >= 15 is 0 Å². The van der Waals surface area contributed by atoms with Crippen molar-refractivity contribution >= 4 is 68.7 Å². The maximum Gasteiger partial charge on any atom is 0.264 e. The van der Waals surface area contributed by atoms with Crippen molar-refractivity contribution in [3.05, 3.63) is 74.7 Å². The van der Waals surface area contributed by atoms with E-state index in [9.17, 15) is 4.79 Å². The molecule has 1 N–H and O–H groups in total. The van der Waals surface area contributed by atoms with E-state index in [1.165, 1.54) is 11.8 Å². The summed E-state index contributed by atoms with van der Waals surface area (Å²) >= 11 is 13.6. The van der Waals surface area contributed by atoms with Crippen LogP contribution in [-0.4, -0.2) is 16.1 Å². The summed E-state index contributed by atoms with van der Waals surface area (Å²) in [5.41, 5.74) is 3.37. The van der Waals surface area contributed by atoms with Crippen LogP contribution in [0, 0.1) is 0 Å². The molecule has 1 aliphatic heterocycles. The molecule has 0 spiro atoms. The van der Waals surface area contributed by atoms with Gasteiger partial charge in [-0.1, -0.05) is 48.3 Å². The number of para-hydroxylation sites is 1. The third-order valence-corrected chi connectivity index (χ3v) is 5.75. The number of hydrogen-bond donors (Lipinski definition) is 1. The van der Waals surface area contributed by atoms with Gasteiger partial charge >= 0.3 is 0 Å². The molecule has 1 aromatic heterocycles. The molecule has 0 radical (unpaired) electrons. The molecule has 0 aliphatic carbocycles. The summed E-state index contributed by atoms with van der Waals surface area (Å²) in [6, 6.07) is 15.2. The number of amidine groups is 1. The van der Waals surface area contributed by atoms with Gasteiger partial charge in [-0.15, -0.1) is 0 Å². The Kier molecular flexibility index (Phi) is 5.40. The highest BCUT2D eigenvalue weighted by Crippen LogP contribution is 2.35. The minimum absolute atomic E-state index is 0.202. The molecule has 0 unspecified atom stereocenters. The third kappa shape index (κ3) is 3.92. The number of nitrogens with zero attached hydrogens (tertiary/aromatic N) is 2. The van der Waals surface area contributed by atoms with Gasteiger partial charge in [0.1, 0.15) is 5.69 Å². The van der Waals surface area contributed by atoms with Crippen LogP contribution >= 0.6 is 35.0 Å². The lowest BCUT2D eigenvalue weighted by atomic mass is 10.1. The van der Waals surface area contributed by atoms with Crippen LogP contribution in [-0.2, 0) is 11.2 Å². The minimum atomic E-state index is -0.202. The van der Waals surface area contributed by atoms with E-state index < -0.39 is 0 Å². The molecule has 1 amide bonds. The molecule has 2 heterocycles. The van der Waals surface area contributed by atoms with Crippen molar-refractivity contribution in [2.45, 2.75) is 13.3 Å². The summed E-state index contributed by atoms with van der Waals surface area (Å²) in [5.74, 6) is -0.202. The van der Waals surface area contributed by atoms with Crippen molar-refractivity contribution in [2.75, 3.05) is 0 Å². The van der Waals surface area contributed by atoms with E-state index in [2.05, 4.69) is 28.3 Å². The first-order chi connectivity index (χ1) is 13.5. The zero-order chi connectivity index (χ0) is 19.7. The first-order valence-electron chi connectivity index (χ1n) is 8.67. The molecule has 1 fully saturated rings. The van der Waals surface area contributed by atoms with E-state index in [4.69, 9.17) is 23.2 Å². The number of hydrogen-bond acceptors (Lipinski definition) is 4. The molecular formula is C21H15Cl2N3OS. The van der Waals surface area contributed by atoms with Gasteiger partial charge in [-0.2, -0.15) is 0 Å². The van der Waals surface area contributed by atoms with Gasteiger partial charge in [0, 0.05) is 11.1 Å². The molecule has 1 aliphatic rings. The Hall–Kier alpha value is -2.34. The van der Waals surface area contributed by atoms with Gasteiger partial charge in [0.2, 0.25) is 0 Å². The number of fused-ring (bicyclic) bond motifs is 1. The fourth-order valence-electron chi connectivity index (χ4n) is 2.80. The average Bonchev–Trinajstić information content (AvgIpc) is 3.03. The first-order valence-corrected chi connectivity index (χ1v) is 10.2. The maximum absolute atomic E-state index is 12.3. The van der Waals surface area contributed by atoms with Crippen LogP contribution in [0.2, 0.25) is 10.0 Å². The van der Waals surface area contributed by atoms with Gasteiger partial charge < -0.3 is 5.32 Å². The molecule has 28 heavy (non-hydrogen) atoms. The predicted molar refractivity (Wildman–Crippen MR) is 118 cm³/mol. The summed E-state index contributed by atoms with van der Waals surface area (Å²) in [7, 11) is 0. The second-order valence-corrected chi connectivity index (χ2v) is 8.01. The van der Waals surface area contributed by atoms with Crippen molar-refractivity contribution in [3.63, 3.8) is 0 Å². The Morgan fingerprint density at radius 3 is 2.68 bits per heavy atom. The van der Waals surface area contributed by atoms with Crippen LogP contribution in [0.3, 0.4) is 0 Å². The van der Waals surface area contributed by atoms with Crippen molar-refractivity contribution in [2.24, 2.45) is 4.99 Å². The van der Waals surface area contributed by atoms with Crippen LogP contribution in [0.15, 0.2) is 58.4 Å². The Morgan fingerprint density at radius 2 is 1.93 bits per heavy atom. The number of halogens is 2. The number of aryl methyl sites for hydroxylation is 1. The zero-order valence-electron chi connectivity index (χ0n) is 14.9. The average molecular weight is 428 g/mol. The molecule has 1 saturated heterocycles. The fraction of sp³-hybridized carbons (Fsp3) is 0.0952. The molecule has 140 valence electrons. The number of thioether (sulfide) groups is 1. The van der Waals surface area contributed by atoms with E-state index in [1.54, 1.807) is 18.2 Å². The van der Waals surface area contributed by atoms with Gasteiger partial charge in [0.05, 0.1) is 20.5 Å². The number of carbonyl (C=O) groups is 1. The highest BCUT2D eigenvalue weighted by molar-refractivity contribution is 8.18. The monoisotopic (exact) mass is 427 g/mol. The van der Waals surface area contributed by atoms with E-state index in [-0.39, 0.29) is 5.91 Å². The van der Waals surface area contributed by atoms with Crippen LogP contribution in [0.5, 0.6) is 0 Å². The molecule has 0 atom stereocenters. The molecule has 2 aromatic carbocycles. The van der Waals surface area contributed by atoms with Crippen LogP contribution in [0.1, 0.15) is 18.2 Å². The molecule has 3 aromatic rings. The summed E-state index contributed by atoms with van der Waals surface area (Å²) < 4.78 is 0. The van der Waals surface area contributed by atoms with Crippen LogP contribution in [0.25, 0.3) is 17.0 Å². The van der Waals surface area contributed by atoms with Gasteiger partial charge in [0.15, 0.2) is 5.17 Å². The van der Waals surface area contributed by atoms with Gasteiger partial charge in [0.25, 0.3) is 5.91 Å². The van der Waals surface area contributed by atoms with E-state index in [0.29, 0.717) is 25.8 Å². The van der Waals surface area contributed by atoms with Crippen molar-refractivity contribution in [3.8, 4) is 0 Å². The largest absolute Gasteiger partial charge is 0.300 e. The number of carbonyl (C=O) groups excluding carboxylic acids is 1. The summed E-state index contributed by atoms with van der Waals surface area (Å²) in [4.78, 5) is 21.9. The quantitative estimate of drug-likeness (QED) is 0.521. The highest BCUT2D eigenvalue weighted by atomic mass is 35.5. The number of benzene rings is 2. The number of aliphatic imine (C=N–C) groups is 1. The number of pyridine rings is 1. The second kappa shape index (κ2) is 7.95. The lowest BCUT2D eigenvalue weighted by Gasteiger charge is -2.02. The van der Waals surface area contributed by atoms with Gasteiger partial charge in [-0.05, 0) is 60.2 Å². The molecule has 0 saturated carbocycles. The fourth-order valence-corrected chi connectivity index (χ4v) is 4.11. The maximum atomic E-state index is 12.3. The second-order valence-electron chi connectivity index (χ2n) is 6.16. The van der Waals surface area contributed by atoms with E-state index in [0.717, 1.165) is 28.6 Å². The topological polar surface area (TPSA) is 54.4 Å². The summed E-state index contributed by atoms with van der Waals surface area (Å²) in [6.45, 7) is 2.08. The van der Waals surface area contributed by atoms with Gasteiger partial charge in [-0.25, -0.2) is 4.99 Å². The predicted octanol–water partition coefficient (Wildman–Crippen LogP) is 6.00. The SMILES string of the molecule is CCc1ccc2cc(/C=C3\SC(=Nc4c(Cl)cccc4Cl)NC3=O)ccc2n1. The van der Waals surface area contributed by atoms with Crippen LogP contribution in [0.4, 0.5) is 5.69 Å². The van der Waals surface area contributed by atoms with Gasteiger partial charge in [-0.3, -0.25) is 9.78 Å². The standard InChI is InChI=1S/C21H15Cl2N3OS/c1-2-14-8-7-13-10-12(6-9-17(13)24-14)11-18-20(27)26-21(28-18)25-19-15(22)4-3-5-16(19)23/h3-11H,2H2,1H3,(H,25,26,27)/b18-11-. The Morgan fingerprint density at radius 1 is 1.14 bits per heavy atom. The van der Waals surface area contributed by atoms with E-state index in [1.807, 2.05) is 30.3 Å². The summed E-state index contributed by atoms with van der Waals surface area (Å²) in [5, 5.41) is 5.10. The third-order valence-electron chi connectivity index (χ3n) is 4.23. The number of aromatic nitrogens is 1. The number of nitrogens with one attached hydrogen (secondary N) is 1. The first kappa shape index (κ1) is 19.0. The zero-order valence-corrected chi connectivity index (χ0v) is 17.2. The van der Waals surface area contributed by atoms with Crippen molar-refractivity contribution < 1.29 is 4.79 Å². The Labute approximate surface area is 176 Å². The molecular weight excluding hydrogens is 413 g/mol. The van der Waals surface area contributed by atoms with Crippen LogP contribution < -0.4 is 5.32 Å². The van der Waals surface area contributed by atoms with Crippen molar-refractivity contribution in [1.82, 2.24) is 10.3 Å². The number of rotatable bonds is 3. The molecule has 4 nitrogen and oxygen atoms in total. The summed E-state index contributed by atoms with van der Waals surface area (Å²) in [6.07, 6.45) is 2.74. The molecule has 7 heteroatoms. The normalized spacial score (nSPS) is 16.9. The Balaban J connectivity index is 1.63. The lowest BCUT2D eigenvalue weighted by Crippen LogP contribution is -2.19. The molecule has 4 rings (SSSR count). The Bertz CT molecular complexity index is 1140. The highest BCUT2D eigenvalue weighted by Gasteiger charge is 2.24. The van der Waals surface area contributed by atoms with Crippen molar-refractivity contribution in [1.29, 1.82) is 0 Å². The number of amides is 1.